The first-order chi connectivity index (χ1) is 20.6. The maximum atomic E-state index is 2.57. The summed E-state index contributed by atoms with van der Waals surface area (Å²) in [7, 11) is -2.04. The fraction of sp³-hybridized carbons (Fsp3) is 0.0526. The average molecular weight is 553 g/mol. The molecule has 0 amide bonds. The second-order valence-electron chi connectivity index (χ2n) is 12.2. The van der Waals surface area contributed by atoms with Crippen LogP contribution >= 0.6 is 0 Å². The van der Waals surface area contributed by atoms with Crippen LogP contribution in [-0.2, 0) is 0 Å². The molecular formula is C38H29BN2Si. The fourth-order valence-corrected chi connectivity index (χ4v) is 9.95. The Morgan fingerprint density at radius 1 is 0.524 bits per heavy atom. The molecule has 9 rings (SSSR count). The molecule has 7 aromatic rings. The van der Waals surface area contributed by atoms with Crippen molar-refractivity contribution in [2.45, 2.75) is 13.1 Å². The van der Waals surface area contributed by atoms with Crippen molar-refractivity contribution in [2.24, 2.45) is 0 Å². The fourth-order valence-electron chi connectivity index (χ4n) is 7.60. The van der Waals surface area contributed by atoms with E-state index in [2.05, 4.69) is 162 Å². The van der Waals surface area contributed by atoms with E-state index in [1.165, 1.54) is 71.3 Å². The Hall–Kier alpha value is -4.80. The van der Waals surface area contributed by atoms with E-state index in [4.69, 9.17) is 0 Å². The number of para-hydroxylation sites is 4. The Morgan fingerprint density at radius 3 is 2.00 bits per heavy atom. The topological polar surface area (TPSA) is 8.17 Å². The van der Waals surface area contributed by atoms with E-state index in [1.807, 2.05) is 0 Å². The van der Waals surface area contributed by atoms with Crippen LogP contribution in [0, 0.1) is 0 Å². The van der Waals surface area contributed by atoms with Crippen LogP contribution in [0.5, 0.6) is 0 Å². The molecule has 0 bridgehead atoms. The lowest BCUT2D eigenvalue weighted by molar-refractivity contribution is 1.18. The van der Waals surface area contributed by atoms with Crippen LogP contribution in [-0.4, -0.2) is 19.4 Å². The van der Waals surface area contributed by atoms with Crippen molar-refractivity contribution in [3.05, 3.63) is 140 Å². The number of benzene rings is 6. The summed E-state index contributed by atoms with van der Waals surface area (Å²) < 4.78 is 2.57. The third-order valence-electron chi connectivity index (χ3n) is 9.66. The number of hydrogen-bond donors (Lipinski definition) is 0. The van der Waals surface area contributed by atoms with Gasteiger partial charge >= 0.3 is 0 Å². The second-order valence-corrected chi connectivity index (χ2v) is 16.6. The molecule has 0 aliphatic carbocycles. The molecule has 0 radical (unpaired) electrons. The second kappa shape index (κ2) is 8.61. The molecule has 0 N–H and O–H groups in total. The van der Waals surface area contributed by atoms with Crippen molar-refractivity contribution in [3.63, 3.8) is 0 Å². The number of aromatic nitrogens is 1. The summed E-state index contributed by atoms with van der Waals surface area (Å²) in [5.74, 6) is 0. The van der Waals surface area contributed by atoms with Crippen LogP contribution in [0.25, 0.3) is 27.5 Å². The maximum Gasteiger partial charge on any atom is 0.252 e. The first kappa shape index (κ1) is 23.9. The molecule has 0 atom stereocenters. The minimum atomic E-state index is -2.04. The van der Waals surface area contributed by atoms with Crippen LogP contribution in [0.4, 0.5) is 17.1 Å². The lowest BCUT2D eigenvalue weighted by Gasteiger charge is -2.41. The lowest BCUT2D eigenvalue weighted by Crippen LogP contribution is -2.62. The zero-order valence-corrected chi connectivity index (χ0v) is 24.8. The highest BCUT2D eigenvalue weighted by Crippen LogP contribution is 2.40. The van der Waals surface area contributed by atoms with E-state index in [-0.39, 0.29) is 6.71 Å². The molecule has 2 aliphatic heterocycles. The highest BCUT2D eigenvalue weighted by molar-refractivity contribution is 7.02. The maximum absolute atomic E-state index is 2.57. The van der Waals surface area contributed by atoms with E-state index >= 15 is 0 Å². The summed E-state index contributed by atoms with van der Waals surface area (Å²) in [6, 6.07) is 52.0. The number of nitrogens with zero attached hydrogens (tertiary/aromatic N) is 2. The number of hydrogen-bond acceptors (Lipinski definition) is 1. The van der Waals surface area contributed by atoms with Gasteiger partial charge in [0.1, 0.15) is 8.07 Å². The Morgan fingerprint density at radius 2 is 1.17 bits per heavy atom. The summed E-state index contributed by atoms with van der Waals surface area (Å²) in [6.07, 6.45) is 0. The average Bonchev–Trinajstić information content (AvgIpc) is 3.39. The van der Waals surface area contributed by atoms with Crippen molar-refractivity contribution in [2.75, 3.05) is 4.90 Å². The van der Waals surface area contributed by atoms with Crippen molar-refractivity contribution >= 4 is 80.4 Å². The van der Waals surface area contributed by atoms with Crippen LogP contribution in [0.15, 0.2) is 140 Å². The Bertz CT molecular complexity index is 2180. The van der Waals surface area contributed by atoms with Gasteiger partial charge in [-0.3, -0.25) is 0 Å². The molecular weight excluding hydrogens is 523 g/mol. The van der Waals surface area contributed by atoms with Gasteiger partial charge in [-0.1, -0.05) is 127 Å². The molecule has 1 aromatic heterocycles. The molecule has 42 heavy (non-hydrogen) atoms. The van der Waals surface area contributed by atoms with E-state index in [0.717, 1.165) is 0 Å². The molecule has 0 saturated carbocycles. The van der Waals surface area contributed by atoms with Crippen LogP contribution in [0.1, 0.15) is 0 Å². The SMILES string of the molecule is C[Si](C)(c1ccccc1)c1cc2c3c(c1)-n1c4ccccc4c4cccc(c41)B3c1ccccc1N2c1ccccc1. The van der Waals surface area contributed by atoms with Gasteiger partial charge in [0.15, 0.2) is 0 Å². The minimum absolute atomic E-state index is 0.169. The molecule has 0 saturated heterocycles. The van der Waals surface area contributed by atoms with Crippen molar-refractivity contribution in [1.82, 2.24) is 4.57 Å². The molecule has 198 valence electrons. The lowest BCUT2D eigenvalue weighted by atomic mass is 9.34. The highest BCUT2D eigenvalue weighted by Gasteiger charge is 2.43. The summed E-state index contributed by atoms with van der Waals surface area (Å²) >= 11 is 0. The predicted octanol–water partition coefficient (Wildman–Crippen LogP) is 6.22. The Labute approximate surface area is 247 Å². The molecule has 0 spiro atoms. The van der Waals surface area contributed by atoms with E-state index in [0.29, 0.717) is 0 Å². The molecule has 3 heterocycles. The zero-order chi connectivity index (χ0) is 28.0. The van der Waals surface area contributed by atoms with Gasteiger partial charge in [-0.2, -0.15) is 0 Å². The van der Waals surface area contributed by atoms with Gasteiger partial charge in [-0.05, 0) is 52.8 Å². The standard InChI is InChI=1S/C38H29BN2Si/c1-42(2,27-16-7-4-8-17-27)28-24-35-37-36(25-28)41-33-22-11-9-18-29(33)30-19-13-21-32(38(30)41)39(37)31-20-10-12-23-34(31)40(35)26-14-5-3-6-15-26/h3-25H,1-2H3. The number of fused-ring (bicyclic) bond motifs is 7. The van der Waals surface area contributed by atoms with Gasteiger partial charge in [-0.25, -0.2) is 0 Å². The summed E-state index contributed by atoms with van der Waals surface area (Å²) in [4.78, 5) is 2.51. The molecule has 2 aliphatic rings. The van der Waals surface area contributed by atoms with E-state index in [9.17, 15) is 0 Å². The van der Waals surface area contributed by atoms with Gasteiger partial charge in [0.25, 0.3) is 6.71 Å². The van der Waals surface area contributed by atoms with Crippen molar-refractivity contribution in [1.29, 1.82) is 0 Å². The van der Waals surface area contributed by atoms with Crippen LogP contribution < -0.4 is 31.7 Å². The normalized spacial score (nSPS) is 13.4. The Balaban J connectivity index is 1.47. The van der Waals surface area contributed by atoms with Gasteiger partial charge in [0.2, 0.25) is 0 Å². The van der Waals surface area contributed by atoms with E-state index < -0.39 is 8.07 Å². The third kappa shape index (κ3) is 3.10. The number of anilines is 3. The van der Waals surface area contributed by atoms with Gasteiger partial charge in [-0.15, -0.1) is 0 Å². The summed E-state index contributed by atoms with van der Waals surface area (Å²) in [5.41, 5.74) is 11.9. The third-order valence-corrected chi connectivity index (χ3v) is 13.2. The first-order valence-corrected chi connectivity index (χ1v) is 17.8. The van der Waals surface area contributed by atoms with Gasteiger partial charge < -0.3 is 9.47 Å². The molecule has 0 fully saturated rings. The van der Waals surface area contributed by atoms with Gasteiger partial charge in [0.05, 0.1) is 5.52 Å². The summed E-state index contributed by atoms with van der Waals surface area (Å²) in [5, 5.41) is 5.56. The largest absolute Gasteiger partial charge is 0.311 e. The predicted molar refractivity (Wildman–Crippen MR) is 183 cm³/mol. The van der Waals surface area contributed by atoms with E-state index in [1.54, 1.807) is 0 Å². The minimum Gasteiger partial charge on any atom is -0.311 e. The monoisotopic (exact) mass is 552 g/mol. The quantitative estimate of drug-likeness (QED) is 0.237. The van der Waals surface area contributed by atoms with Crippen molar-refractivity contribution < 1.29 is 0 Å². The Kier molecular flexibility index (Phi) is 4.89. The first-order valence-electron chi connectivity index (χ1n) is 14.8. The van der Waals surface area contributed by atoms with Crippen molar-refractivity contribution in [3.8, 4) is 5.69 Å². The summed E-state index contributed by atoms with van der Waals surface area (Å²) in [6.45, 7) is 5.16. The highest BCUT2D eigenvalue weighted by atomic mass is 28.3. The molecule has 6 aromatic carbocycles. The molecule has 0 unspecified atom stereocenters. The van der Waals surface area contributed by atoms with Crippen LogP contribution in [0.3, 0.4) is 0 Å². The number of rotatable bonds is 3. The molecule has 4 heteroatoms. The van der Waals surface area contributed by atoms with Crippen LogP contribution in [0.2, 0.25) is 13.1 Å². The van der Waals surface area contributed by atoms with Gasteiger partial charge in [0, 0.05) is 39.0 Å². The molecule has 2 nitrogen and oxygen atoms in total. The smallest absolute Gasteiger partial charge is 0.252 e. The zero-order valence-electron chi connectivity index (χ0n) is 23.8.